The van der Waals surface area contributed by atoms with E-state index in [0.717, 1.165) is 44.3 Å². The second-order valence-electron chi connectivity index (χ2n) is 5.34. The number of carbonyl (C=O) groups is 1. The summed E-state index contributed by atoms with van der Waals surface area (Å²) in [5, 5.41) is 0. The molecule has 1 aliphatic rings. The molecule has 0 atom stereocenters. The van der Waals surface area contributed by atoms with Gasteiger partial charge >= 0.3 is 0 Å². The number of fused-ring (bicyclic) bond motifs is 2. The Kier molecular flexibility index (Phi) is 2.61. The molecule has 2 aromatic rings. The van der Waals surface area contributed by atoms with Gasteiger partial charge in [0.2, 0.25) is 0 Å². The molecular formula is C15H13BrN2O. The van der Waals surface area contributed by atoms with Gasteiger partial charge in [0.05, 0.1) is 22.4 Å². The van der Waals surface area contributed by atoms with Gasteiger partial charge in [-0.2, -0.15) is 0 Å². The highest BCUT2D eigenvalue weighted by molar-refractivity contribution is 9.10. The second-order valence-corrected chi connectivity index (χ2v) is 6.25. The van der Waals surface area contributed by atoms with E-state index in [1.54, 1.807) is 0 Å². The fraction of sp³-hybridized carbons (Fsp3) is 0.267. The number of rotatable bonds is 1. The first kappa shape index (κ1) is 12.5. The molecule has 0 spiro atoms. The minimum Gasteiger partial charge on any atom is -0.298 e. The average molecular weight is 317 g/mol. The molecule has 0 aliphatic heterocycles. The van der Waals surface area contributed by atoms with Crippen molar-refractivity contribution in [2.75, 3.05) is 0 Å². The SMILES string of the molecule is CC1=C(C=O)C(C)(C)c2nc3ccc(Br)cc3nc21. The highest BCUT2D eigenvalue weighted by Gasteiger charge is 2.38. The summed E-state index contributed by atoms with van der Waals surface area (Å²) in [6.45, 7) is 5.98. The lowest BCUT2D eigenvalue weighted by molar-refractivity contribution is -0.105. The molecule has 1 heterocycles. The van der Waals surface area contributed by atoms with Gasteiger partial charge in [-0.05, 0) is 44.5 Å². The third-order valence-corrected chi connectivity index (χ3v) is 4.26. The number of hydrogen-bond donors (Lipinski definition) is 0. The van der Waals surface area contributed by atoms with Crippen LogP contribution in [0, 0.1) is 0 Å². The molecule has 0 bridgehead atoms. The van der Waals surface area contributed by atoms with Crippen molar-refractivity contribution in [2.45, 2.75) is 26.2 Å². The lowest BCUT2D eigenvalue weighted by Gasteiger charge is -2.19. The maximum atomic E-state index is 11.3. The van der Waals surface area contributed by atoms with Gasteiger partial charge in [-0.15, -0.1) is 0 Å². The van der Waals surface area contributed by atoms with Gasteiger partial charge in [-0.3, -0.25) is 4.79 Å². The Bertz CT molecular complexity index is 747. The number of nitrogens with zero attached hydrogens (tertiary/aromatic N) is 2. The lowest BCUT2D eigenvalue weighted by atomic mass is 9.85. The topological polar surface area (TPSA) is 42.9 Å². The number of aromatic nitrogens is 2. The van der Waals surface area contributed by atoms with E-state index >= 15 is 0 Å². The first-order valence-electron chi connectivity index (χ1n) is 6.10. The van der Waals surface area contributed by atoms with Gasteiger partial charge in [0.15, 0.2) is 0 Å². The normalized spacial score (nSPS) is 16.8. The van der Waals surface area contributed by atoms with Gasteiger partial charge in [0, 0.05) is 15.5 Å². The summed E-state index contributed by atoms with van der Waals surface area (Å²) in [5.41, 5.74) is 4.78. The summed E-state index contributed by atoms with van der Waals surface area (Å²) >= 11 is 3.44. The van der Waals surface area contributed by atoms with E-state index in [2.05, 4.69) is 20.9 Å². The van der Waals surface area contributed by atoms with Crippen LogP contribution in [-0.2, 0) is 10.2 Å². The van der Waals surface area contributed by atoms with Crippen LogP contribution in [0.3, 0.4) is 0 Å². The van der Waals surface area contributed by atoms with Gasteiger partial charge in [0.25, 0.3) is 0 Å². The summed E-state index contributed by atoms with van der Waals surface area (Å²) in [6, 6.07) is 5.84. The Morgan fingerprint density at radius 3 is 2.63 bits per heavy atom. The molecule has 0 amide bonds. The van der Waals surface area contributed by atoms with Crippen LogP contribution in [0.4, 0.5) is 0 Å². The minimum absolute atomic E-state index is 0.366. The zero-order chi connectivity index (χ0) is 13.8. The van der Waals surface area contributed by atoms with Gasteiger partial charge in [0.1, 0.15) is 6.29 Å². The summed E-state index contributed by atoms with van der Waals surface area (Å²) < 4.78 is 0.976. The van der Waals surface area contributed by atoms with Crippen LogP contribution in [0.5, 0.6) is 0 Å². The molecule has 1 aromatic heterocycles. The number of benzene rings is 1. The second kappa shape index (κ2) is 3.97. The standard InChI is InChI=1S/C15H13BrN2O/c1-8-10(7-19)15(2,3)14-13(8)17-12-6-9(16)4-5-11(12)18-14/h4-7H,1-3H3. The largest absolute Gasteiger partial charge is 0.298 e. The molecule has 0 saturated carbocycles. The molecule has 3 rings (SSSR count). The Hall–Kier alpha value is -1.55. The highest BCUT2D eigenvalue weighted by Crippen LogP contribution is 2.43. The van der Waals surface area contributed by atoms with Crippen LogP contribution in [-0.4, -0.2) is 16.3 Å². The first-order chi connectivity index (χ1) is 8.95. The minimum atomic E-state index is -0.366. The smallest absolute Gasteiger partial charge is 0.147 e. The molecule has 0 unspecified atom stereocenters. The molecule has 3 nitrogen and oxygen atoms in total. The van der Waals surface area contributed by atoms with E-state index in [1.165, 1.54) is 0 Å². The lowest BCUT2D eigenvalue weighted by Crippen LogP contribution is -2.20. The fourth-order valence-electron chi connectivity index (χ4n) is 2.68. The number of halogens is 1. The Balaban J connectivity index is 2.38. The van der Waals surface area contributed by atoms with Crippen molar-refractivity contribution < 1.29 is 4.79 Å². The predicted octanol–water partition coefficient (Wildman–Crippen LogP) is 3.66. The van der Waals surface area contributed by atoms with E-state index in [1.807, 2.05) is 39.0 Å². The molecule has 1 aliphatic carbocycles. The summed E-state index contributed by atoms with van der Waals surface area (Å²) in [7, 11) is 0. The van der Waals surface area contributed by atoms with Crippen molar-refractivity contribution in [1.82, 2.24) is 9.97 Å². The van der Waals surface area contributed by atoms with Crippen molar-refractivity contribution in [3.05, 3.63) is 39.6 Å². The van der Waals surface area contributed by atoms with Crippen molar-refractivity contribution in [3.8, 4) is 0 Å². The third-order valence-electron chi connectivity index (χ3n) is 3.77. The van der Waals surface area contributed by atoms with Crippen molar-refractivity contribution in [3.63, 3.8) is 0 Å². The zero-order valence-electron chi connectivity index (χ0n) is 11.0. The number of hydrogen-bond acceptors (Lipinski definition) is 3. The van der Waals surface area contributed by atoms with E-state index < -0.39 is 0 Å². The molecule has 0 radical (unpaired) electrons. The molecule has 96 valence electrons. The monoisotopic (exact) mass is 316 g/mol. The van der Waals surface area contributed by atoms with Crippen LogP contribution in [0.15, 0.2) is 28.2 Å². The Morgan fingerprint density at radius 2 is 1.95 bits per heavy atom. The number of aldehydes is 1. The maximum Gasteiger partial charge on any atom is 0.147 e. The predicted molar refractivity (Wildman–Crippen MR) is 78.9 cm³/mol. The molecule has 4 heteroatoms. The van der Waals surface area contributed by atoms with E-state index in [9.17, 15) is 4.79 Å². The third kappa shape index (κ3) is 1.66. The zero-order valence-corrected chi connectivity index (χ0v) is 12.6. The number of carbonyl (C=O) groups excluding carboxylic acids is 1. The van der Waals surface area contributed by atoms with E-state index in [4.69, 9.17) is 4.98 Å². The average Bonchev–Trinajstić information content (AvgIpc) is 2.54. The van der Waals surface area contributed by atoms with E-state index in [0.29, 0.717) is 0 Å². The van der Waals surface area contributed by atoms with Crippen molar-refractivity contribution in [2.24, 2.45) is 0 Å². The van der Waals surface area contributed by atoms with Crippen LogP contribution < -0.4 is 0 Å². The van der Waals surface area contributed by atoms with Crippen molar-refractivity contribution in [1.29, 1.82) is 0 Å². The van der Waals surface area contributed by atoms with Crippen LogP contribution in [0.1, 0.15) is 32.2 Å². The Morgan fingerprint density at radius 1 is 1.21 bits per heavy atom. The molecule has 19 heavy (non-hydrogen) atoms. The molecule has 0 saturated heterocycles. The maximum absolute atomic E-state index is 11.3. The van der Waals surface area contributed by atoms with Gasteiger partial charge in [-0.1, -0.05) is 15.9 Å². The van der Waals surface area contributed by atoms with Crippen LogP contribution in [0.25, 0.3) is 16.6 Å². The highest BCUT2D eigenvalue weighted by atomic mass is 79.9. The quantitative estimate of drug-likeness (QED) is 0.754. The summed E-state index contributed by atoms with van der Waals surface area (Å²) in [6.07, 6.45) is 0.930. The van der Waals surface area contributed by atoms with Crippen molar-refractivity contribution >= 4 is 38.8 Å². The molecule has 0 N–H and O–H groups in total. The van der Waals surface area contributed by atoms with Crippen LogP contribution in [0.2, 0.25) is 0 Å². The Labute approximate surface area is 119 Å². The molecule has 0 fully saturated rings. The van der Waals surface area contributed by atoms with Crippen LogP contribution >= 0.6 is 15.9 Å². The van der Waals surface area contributed by atoms with E-state index in [-0.39, 0.29) is 5.41 Å². The molecule has 1 aromatic carbocycles. The fourth-order valence-corrected chi connectivity index (χ4v) is 3.03. The molecular weight excluding hydrogens is 304 g/mol. The van der Waals surface area contributed by atoms with Gasteiger partial charge < -0.3 is 0 Å². The number of allylic oxidation sites excluding steroid dienone is 2. The summed E-state index contributed by atoms with van der Waals surface area (Å²) in [4.78, 5) is 20.7. The summed E-state index contributed by atoms with van der Waals surface area (Å²) in [5.74, 6) is 0. The first-order valence-corrected chi connectivity index (χ1v) is 6.89. The van der Waals surface area contributed by atoms with Gasteiger partial charge in [-0.25, -0.2) is 9.97 Å².